The maximum Gasteiger partial charge on any atom is 0.254 e. The molecule has 21 heavy (non-hydrogen) atoms. The number of amides is 1. The third-order valence-electron chi connectivity index (χ3n) is 4.04. The Morgan fingerprint density at radius 1 is 1.38 bits per heavy atom. The smallest absolute Gasteiger partial charge is 0.254 e. The van der Waals surface area contributed by atoms with Crippen LogP contribution in [0.1, 0.15) is 36.5 Å². The van der Waals surface area contributed by atoms with Gasteiger partial charge in [-0.25, -0.2) is 8.42 Å². The lowest BCUT2D eigenvalue weighted by Gasteiger charge is -2.40. The maximum atomic E-state index is 12.7. The average molecular weight is 310 g/mol. The van der Waals surface area contributed by atoms with E-state index >= 15 is 0 Å². The first-order valence-corrected chi connectivity index (χ1v) is 9.06. The molecule has 0 aliphatic carbocycles. The van der Waals surface area contributed by atoms with Crippen LogP contribution in [0.15, 0.2) is 29.2 Å². The molecule has 116 valence electrons. The summed E-state index contributed by atoms with van der Waals surface area (Å²) in [7, 11) is -3.32. The Morgan fingerprint density at radius 2 is 2.10 bits per heavy atom. The average Bonchev–Trinajstić information content (AvgIpc) is 2.45. The molecular formula is C15H22N2O3S. The minimum absolute atomic E-state index is 0.0307. The molecule has 1 aromatic rings. The van der Waals surface area contributed by atoms with E-state index in [1.807, 2.05) is 11.8 Å². The van der Waals surface area contributed by atoms with Crippen LogP contribution in [0, 0.1) is 0 Å². The molecule has 0 saturated carbocycles. The molecule has 0 spiro atoms. The van der Waals surface area contributed by atoms with Gasteiger partial charge in [-0.1, -0.05) is 6.07 Å². The molecular weight excluding hydrogens is 288 g/mol. The largest absolute Gasteiger partial charge is 0.332 e. The van der Waals surface area contributed by atoms with Gasteiger partial charge in [-0.2, -0.15) is 0 Å². The van der Waals surface area contributed by atoms with Crippen molar-refractivity contribution >= 4 is 15.7 Å². The van der Waals surface area contributed by atoms with E-state index in [1.165, 1.54) is 12.1 Å². The fourth-order valence-electron chi connectivity index (χ4n) is 2.89. The third-order valence-corrected chi connectivity index (χ3v) is 5.15. The fraction of sp³-hybridized carbons (Fsp3) is 0.533. The fourth-order valence-corrected chi connectivity index (χ4v) is 3.56. The molecule has 1 heterocycles. The standard InChI is InChI=1S/C15H22N2O3S/c1-11-5-3-7-13(10-16)17(11)15(18)12-6-4-8-14(9-12)21(2,19)20/h4,6,8-9,11,13H,3,5,7,10,16H2,1-2H3. The molecule has 2 unspecified atom stereocenters. The zero-order valence-corrected chi connectivity index (χ0v) is 13.3. The van der Waals surface area contributed by atoms with E-state index in [2.05, 4.69) is 0 Å². The van der Waals surface area contributed by atoms with Crippen LogP contribution >= 0.6 is 0 Å². The van der Waals surface area contributed by atoms with E-state index in [-0.39, 0.29) is 22.9 Å². The van der Waals surface area contributed by atoms with Crippen LogP contribution in [0.3, 0.4) is 0 Å². The van der Waals surface area contributed by atoms with Crippen LogP contribution in [0.2, 0.25) is 0 Å². The maximum absolute atomic E-state index is 12.7. The summed E-state index contributed by atoms with van der Waals surface area (Å²) in [5, 5.41) is 0. The minimum Gasteiger partial charge on any atom is -0.332 e. The van der Waals surface area contributed by atoms with Gasteiger partial charge in [0.2, 0.25) is 0 Å². The summed E-state index contributed by atoms with van der Waals surface area (Å²) in [6.45, 7) is 2.45. The molecule has 1 saturated heterocycles. The molecule has 1 aliphatic rings. The highest BCUT2D eigenvalue weighted by Gasteiger charge is 2.31. The van der Waals surface area contributed by atoms with Gasteiger partial charge in [0.25, 0.3) is 5.91 Å². The summed E-state index contributed by atoms with van der Waals surface area (Å²) in [4.78, 5) is 14.7. The first kappa shape index (κ1) is 16.0. The zero-order chi connectivity index (χ0) is 15.6. The Morgan fingerprint density at radius 3 is 2.71 bits per heavy atom. The predicted molar refractivity (Wildman–Crippen MR) is 81.9 cm³/mol. The van der Waals surface area contributed by atoms with E-state index in [1.54, 1.807) is 12.1 Å². The molecule has 6 heteroatoms. The molecule has 2 atom stereocenters. The van der Waals surface area contributed by atoms with Crippen LogP contribution in [-0.2, 0) is 9.84 Å². The highest BCUT2D eigenvalue weighted by Crippen LogP contribution is 2.25. The summed E-state index contributed by atoms with van der Waals surface area (Å²) in [6.07, 6.45) is 4.06. The topological polar surface area (TPSA) is 80.5 Å². The normalized spacial score (nSPS) is 23.1. The first-order chi connectivity index (χ1) is 9.84. The number of nitrogens with zero attached hydrogens (tertiary/aromatic N) is 1. The van der Waals surface area contributed by atoms with Gasteiger partial charge in [-0.05, 0) is 44.4 Å². The number of rotatable bonds is 3. The second-order valence-electron chi connectivity index (χ2n) is 5.68. The Balaban J connectivity index is 2.34. The van der Waals surface area contributed by atoms with E-state index in [9.17, 15) is 13.2 Å². The number of carbonyl (C=O) groups excluding carboxylic acids is 1. The first-order valence-electron chi connectivity index (χ1n) is 7.17. The van der Waals surface area contributed by atoms with Crippen molar-refractivity contribution in [2.45, 2.75) is 43.2 Å². The number of sulfone groups is 1. The van der Waals surface area contributed by atoms with Crippen LogP contribution in [0.5, 0.6) is 0 Å². The number of hydrogen-bond donors (Lipinski definition) is 1. The van der Waals surface area contributed by atoms with E-state index in [0.717, 1.165) is 25.5 Å². The summed E-state index contributed by atoms with van der Waals surface area (Å²) in [5.74, 6) is -0.136. The van der Waals surface area contributed by atoms with Gasteiger partial charge < -0.3 is 10.6 Å². The van der Waals surface area contributed by atoms with Crippen molar-refractivity contribution in [1.29, 1.82) is 0 Å². The molecule has 5 nitrogen and oxygen atoms in total. The molecule has 1 amide bonds. The lowest BCUT2D eigenvalue weighted by atomic mass is 9.95. The number of benzene rings is 1. The second-order valence-corrected chi connectivity index (χ2v) is 7.70. The van der Waals surface area contributed by atoms with Crippen molar-refractivity contribution in [2.24, 2.45) is 5.73 Å². The van der Waals surface area contributed by atoms with Gasteiger partial charge in [-0.15, -0.1) is 0 Å². The van der Waals surface area contributed by atoms with Crippen LogP contribution < -0.4 is 5.73 Å². The Labute approximate surface area is 126 Å². The van der Waals surface area contributed by atoms with Crippen molar-refractivity contribution in [3.63, 3.8) is 0 Å². The van der Waals surface area contributed by atoms with Gasteiger partial charge in [0.05, 0.1) is 4.90 Å². The van der Waals surface area contributed by atoms with Gasteiger partial charge in [0, 0.05) is 30.4 Å². The number of nitrogens with two attached hydrogens (primary N) is 1. The van der Waals surface area contributed by atoms with Gasteiger partial charge >= 0.3 is 0 Å². The molecule has 0 aromatic heterocycles. The lowest BCUT2D eigenvalue weighted by molar-refractivity contribution is 0.0494. The Hall–Kier alpha value is -1.40. The zero-order valence-electron chi connectivity index (χ0n) is 12.5. The number of piperidine rings is 1. The molecule has 2 rings (SSSR count). The molecule has 1 aromatic carbocycles. The van der Waals surface area contributed by atoms with E-state index in [0.29, 0.717) is 12.1 Å². The van der Waals surface area contributed by atoms with Crippen molar-refractivity contribution in [2.75, 3.05) is 12.8 Å². The second kappa shape index (κ2) is 6.15. The van der Waals surface area contributed by atoms with Crippen molar-refractivity contribution < 1.29 is 13.2 Å². The van der Waals surface area contributed by atoms with Crippen molar-refractivity contribution in [3.05, 3.63) is 29.8 Å². The summed E-state index contributed by atoms with van der Waals surface area (Å²) in [6, 6.07) is 6.38. The van der Waals surface area contributed by atoms with E-state index < -0.39 is 9.84 Å². The number of hydrogen-bond acceptors (Lipinski definition) is 4. The van der Waals surface area contributed by atoms with Crippen molar-refractivity contribution in [1.82, 2.24) is 4.90 Å². The summed E-state index contributed by atoms with van der Waals surface area (Å²) < 4.78 is 23.2. The molecule has 0 bridgehead atoms. The highest BCUT2D eigenvalue weighted by atomic mass is 32.2. The van der Waals surface area contributed by atoms with Gasteiger partial charge in [0.15, 0.2) is 9.84 Å². The van der Waals surface area contributed by atoms with Crippen molar-refractivity contribution in [3.8, 4) is 0 Å². The monoisotopic (exact) mass is 310 g/mol. The lowest BCUT2D eigenvalue weighted by Crippen LogP contribution is -2.51. The molecule has 2 N–H and O–H groups in total. The molecule has 1 fully saturated rings. The van der Waals surface area contributed by atoms with Crippen LogP contribution in [0.25, 0.3) is 0 Å². The summed E-state index contributed by atoms with van der Waals surface area (Å²) >= 11 is 0. The number of likely N-dealkylation sites (tertiary alicyclic amines) is 1. The minimum atomic E-state index is -3.32. The van der Waals surface area contributed by atoms with Gasteiger partial charge in [0.1, 0.15) is 0 Å². The highest BCUT2D eigenvalue weighted by molar-refractivity contribution is 7.90. The SMILES string of the molecule is CC1CCCC(CN)N1C(=O)c1cccc(S(C)(=O)=O)c1. The van der Waals surface area contributed by atoms with Crippen LogP contribution in [0.4, 0.5) is 0 Å². The summed E-state index contributed by atoms with van der Waals surface area (Å²) in [5.41, 5.74) is 6.19. The quantitative estimate of drug-likeness (QED) is 0.916. The Kier molecular flexibility index (Phi) is 4.68. The van der Waals surface area contributed by atoms with Gasteiger partial charge in [-0.3, -0.25) is 4.79 Å². The predicted octanol–water partition coefficient (Wildman–Crippen LogP) is 1.43. The molecule has 1 aliphatic heterocycles. The van der Waals surface area contributed by atoms with Crippen LogP contribution in [-0.4, -0.2) is 44.1 Å². The Bertz CT molecular complexity index is 628. The molecule has 0 radical (unpaired) electrons. The third kappa shape index (κ3) is 3.44. The number of carbonyl (C=O) groups is 1. The van der Waals surface area contributed by atoms with E-state index in [4.69, 9.17) is 5.73 Å².